The molecule has 33 heavy (non-hydrogen) atoms. The van der Waals surface area contributed by atoms with Gasteiger partial charge in [0.2, 0.25) is 5.91 Å². The first kappa shape index (κ1) is 21.7. The highest BCUT2D eigenvalue weighted by Crippen LogP contribution is 2.43. The molecule has 4 amide bonds. The molecule has 3 aliphatic rings. The fourth-order valence-electron chi connectivity index (χ4n) is 5.70. The number of amides is 4. The molecule has 0 bridgehead atoms. The molecule has 1 aliphatic heterocycles. The van der Waals surface area contributed by atoms with Crippen LogP contribution in [0, 0.1) is 11.3 Å². The minimum absolute atomic E-state index is 0.185. The third kappa shape index (κ3) is 3.81. The summed E-state index contributed by atoms with van der Waals surface area (Å²) in [6.07, 6.45) is 3.88. The first-order valence-corrected chi connectivity index (χ1v) is 11.8. The number of nitrogens with zero attached hydrogens (tertiary/aromatic N) is 1. The number of carbonyl (C=O) groups is 3. The van der Waals surface area contributed by atoms with Crippen LogP contribution >= 0.6 is 0 Å². The van der Waals surface area contributed by atoms with Gasteiger partial charge in [0.1, 0.15) is 12.1 Å². The van der Waals surface area contributed by atoms with E-state index >= 15 is 0 Å². The highest BCUT2D eigenvalue weighted by Gasteiger charge is 2.53. The number of rotatable bonds is 3. The number of nitrogens with one attached hydrogen (secondary N) is 2. The number of carbonyl (C=O) groups excluding carboxylic acids is 3. The molecule has 0 atom stereocenters. The third-order valence-electron chi connectivity index (χ3n) is 7.69. The number of anilines is 1. The molecule has 172 valence electrons. The van der Waals surface area contributed by atoms with Gasteiger partial charge in [0.05, 0.1) is 0 Å². The predicted octanol–water partition coefficient (Wildman–Crippen LogP) is 4.72. The van der Waals surface area contributed by atoms with Crippen molar-refractivity contribution in [3.05, 3.63) is 53.6 Å². The number of imide groups is 1. The van der Waals surface area contributed by atoms with E-state index in [0.717, 1.165) is 24.2 Å². The van der Waals surface area contributed by atoms with Gasteiger partial charge < -0.3 is 10.6 Å². The number of hydrogen-bond acceptors (Lipinski definition) is 3. The molecule has 2 N–H and O–H groups in total. The summed E-state index contributed by atoms with van der Waals surface area (Å²) >= 11 is 0. The molecule has 5 rings (SSSR count). The van der Waals surface area contributed by atoms with E-state index in [9.17, 15) is 14.4 Å². The maximum absolute atomic E-state index is 13.2. The Labute approximate surface area is 194 Å². The van der Waals surface area contributed by atoms with Crippen LogP contribution in [0.3, 0.4) is 0 Å². The lowest BCUT2D eigenvalue weighted by atomic mass is 9.67. The number of hydrogen-bond donors (Lipinski definition) is 2. The highest BCUT2D eigenvalue weighted by molar-refractivity contribution is 6.10. The van der Waals surface area contributed by atoms with Crippen LogP contribution in [0.25, 0.3) is 11.1 Å². The summed E-state index contributed by atoms with van der Waals surface area (Å²) in [5.41, 5.74) is 4.88. The molecule has 1 heterocycles. The van der Waals surface area contributed by atoms with E-state index in [2.05, 4.69) is 43.5 Å². The summed E-state index contributed by atoms with van der Waals surface area (Å²) in [5.74, 6) is -0.107. The maximum atomic E-state index is 13.2. The van der Waals surface area contributed by atoms with E-state index in [4.69, 9.17) is 0 Å². The minimum Gasteiger partial charge on any atom is -0.325 e. The Morgan fingerprint density at radius 1 is 1.06 bits per heavy atom. The lowest BCUT2D eigenvalue weighted by molar-refractivity contribution is -0.135. The minimum atomic E-state index is -0.849. The fourth-order valence-corrected chi connectivity index (χ4v) is 5.70. The first-order chi connectivity index (χ1) is 15.7. The van der Waals surface area contributed by atoms with Crippen molar-refractivity contribution in [2.75, 3.05) is 11.9 Å². The summed E-state index contributed by atoms with van der Waals surface area (Å²) in [5, 5.41) is 5.78. The quantitative estimate of drug-likeness (QED) is 0.573. The first-order valence-electron chi connectivity index (χ1n) is 11.8. The molecule has 2 aromatic rings. The Morgan fingerprint density at radius 3 is 2.48 bits per heavy atom. The zero-order chi connectivity index (χ0) is 23.4. The zero-order valence-electron chi connectivity index (χ0n) is 19.5. The third-order valence-corrected chi connectivity index (χ3v) is 7.69. The van der Waals surface area contributed by atoms with Crippen molar-refractivity contribution in [1.82, 2.24) is 10.2 Å². The monoisotopic (exact) mass is 445 g/mol. The van der Waals surface area contributed by atoms with E-state index in [0.29, 0.717) is 24.4 Å². The van der Waals surface area contributed by atoms with Crippen molar-refractivity contribution in [2.24, 2.45) is 11.3 Å². The Hall–Kier alpha value is -3.15. The largest absolute Gasteiger partial charge is 0.325 e. The van der Waals surface area contributed by atoms with Crippen LogP contribution < -0.4 is 10.6 Å². The van der Waals surface area contributed by atoms with E-state index in [-0.39, 0.29) is 23.8 Å². The van der Waals surface area contributed by atoms with Gasteiger partial charge in [-0.1, -0.05) is 51.1 Å². The molecule has 0 radical (unpaired) electrons. The van der Waals surface area contributed by atoms with Gasteiger partial charge in [-0.15, -0.1) is 0 Å². The number of fused-ring (bicyclic) bond motifs is 3. The highest BCUT2D eigenvalue weighted by atomic mass is 16.2. The van der Waals surface area contributed by atoms with Gasteiger partial charge in [-0.2, -0.15) is 0 Å². The van der Waals surface area contributed by atoms with Crippen LogP contribution in [0.15, 0.2) is 42.5 Å². The van der Waals surface area contributed by atoms with Gasteiger partial charge in [-0.25, -0.2) is 4.79 Å². The topological polar surface area (TPSA) is 78.5 Å². The van der Waals surface area contributed by atoms with Crippen molar-refractivity contribution in [3.63, 3.8) is 0 Å². The molecule has 0 aromatic heterocycles. The summed E-state index contributed by atoms with van der Waals surface area (Å²) in [6, 6.07) is 13.7. The van der Waals surface area contributed by atoms with Gasteiger partial charge in [0, 0.05) is 5.69 Å². The summed E-state index contributed by atoms with van der Waals surface area (Å²) in [4.78, 5) is 39.6. The molecule has 6 nitrogen and oxygen atoms in total. The average molecular weight is 446 g/mol. The van der Waals surface area contributed by atoms with Crippen LogP contribution in [0.4, 0.5) is 10.5 Å². The second-order valence-corrected chi connectivity index (χ2v) is 10.8. The standard InChI is InChI=1S/C27H31N3O3/c1-26(2,3)19-10-12-27(13-11-19)24(32)30(25(33)29-27)16-23(31)28-20-8-9-22-18(15-20)14-17-6-4-5-7-21(17)22/h4-9,15,19H,10-14,16H2,1-3H3,(H,28,31)(H,29,33). The van der Waals surface area contributed by atoms with Gasteiger partial charge >= 0.3 is 6.03 Å². The smallest absolute Gasteiger partial charge is 0.325 e. The van der Waals surface area contributed by atoms with Crippen molar-refractivity contribution >= 4 is 23.5 Å². The molecule has 1 saturated heterocycles. The van der Waals surface area contributed by atoms with E-state index in [1.54, 1.807) is 0 Å². The average Bonchev–Trinajstić information content (AvgIpc) is 3.23. The fraction of sp³-hybridized carbons (Fsp3) is 0.444. The second kappa shape index (κ2) is 7.72. The van der Waals surface area contributed by atoms with E-state index in [1.165, 1.54) is 22.3 Å². The van der Waals surface area contributed by atoms with Crippen molar-refractivity contribution < 1.29 is 14.4 Å². The second-order valence-electron chi connectivity index (χ2n) is 10.8. The molecule has 0 unspecified atom stereocenters. The van der Waals surface area contributed by atoms with Crippen molar-refractivity contribution in [2.45, 2.75) is 58.4 Å². The van der Waals surface area contributed by atoms with E-state index < -0.39 is 11.6 Å². The molecule has 2 fully saturated rings. The number of urea groups is 1. The van der Waals surface area contributed by atoms with Crippen LogP contribution in [0.2, 0.25) is 0 Å². The van der Waals surface area contributed by atoms with Crippen LogP contribution in [0.1, 0.15) is 57.6 Å². The molecule has 2 aromatic carbocycles. The van der Waals surface area contributed by atoms with Crippen molar-refractivity contribution in [3.8, 4) is 11.1 Å². The number of benzene rings is 2. The zero-order valence-corrected chi connectivity index (χ0v) is 19.5. The summed E-state index contributed by atoms with van der Waals surface area (Å²) in [7, 11) is 0. The summed E-state index contributed by atoms with van der Waals surface area (Å²) < 4.78 is 0. The molecule has 2 aliphatic carbocycles. The van der Waals surface area contributed by atoms with E-state index in [1.807, 2.05) is 30.3 Å². The summed E-state index contributed by atoms with van der Waals surface area (Å²) in [6.45, 7) is 6.39. The van der Waals surface area contributed by atoms with Gasteiger partial charge in [0.15, 0.2) is 0 Å². The Balaban J connectivity index is 1.23. The van der Waals surface area contributed by atoms with Gasteiger partial charge in [-0.3, -0.25) is 14.5 Å². The Morgan fingerprint density at radius 2 is 1.76 bits per heavy atom. The predicted molar refractivity (Wildman–Crippen MR) is 128 cm³/mol. The van der Waals surface area contributed by atoms with Gasteiger partial charge in [-0.05, 0) is 77.8 Å². The normalized spacial score (nSPS) is 24.0. The van der Waals surface area contributed by atoms with Crippen LogP contribution in [0.5, 0.6) is 0 Å². The van der Waals surface area contributed by atoms with Crippen molar-refractivity contribution in [1.29, 1.82) is 0 Å². The maximum Gasteiger partial charge on any atom is 0.325 e. The SMILES string of the molecule is CC(C)(C)C1CCC2(CC1)NC(=O)N(CC(=O)Nc1ccc3c(c1)Cc1ccccc1-3)C2=O. The van der Waals surface area contributed by atoms with Gasteiger partial charge in [0.25, 0.3) is 5.91 Å². The van der Waals surface area contributed by atoms with Crippen LogP contribution in [-0.4, -0.2) is 34.8 Å². The van der Waals surface area contributed by atoms with Crippen LogP contribution in [-0.2, 0) is 16.0 Å². The molecule has 6 heteroatoms. The Kier molecular flexibility index (Phi) is 5.07. The lowest BCUT2D eigenvalue weighted by Crippen LogP contribution is -2.50. The lowest BCUT2D eigenvalue weighted by Gasteiger charge is -2.40. The molecule has 1 spiro atoms. The molecular formula is C27H31N3O3. The molecule has 1 saturated carbocycles. The molecular weight excluding hydrogens is 414 g/mol. The Bertz CT molecular complexity index is 1140.